The van der Waals surface area contributed by atoms with E-state index in [2.05, 4.69) is 16.1 Å². The molecule has 13 nitrogen and oxygen atoms in total. The highest BCUT2D eigenvalue weighted by Gasteiger charge is 2.69. The summed E-state index contributed by atoms with van der Waals surface area (Å²) in [6, 6.07) is 19.0. The fourth-order valence-electron chi connectivity index (χ4n) is 9.35. The van der Waals surface area contributed by atoms with Gasteiger partial charge >= 0.3 is 6.16 Å². The SMILES string of the molecule is CN(C)[C@@H]1c2onc(OCc3ccccc3)c2C(=O)[C@@]2(O[Si](C)(C)C(C)(C)C)C(=O)C3=C(O)c4c(cc5ccc(CN6CC(C#N)C6)cc5c4OC(=O)OC(C)(C)C)C[C@H]3C[C@@H]12. The minimum atomic E-state index is -2.98. The Bertz CT molecular complexity index is 2540. The van der Waals surface area contributed by atoms with E-state index in [1.165, 1.54) is 0 Å². The van der Waals surface area contributed by atoms with E-state index in [0.29, 0.717) is 42.8 Å². The van der Waals surface area contributed by atoms with Crippen LogP contribution in [0.5, 0.6) is 11.6 Å². The summed E-state index contributed by atoms with van der Waals surface area (Å²) >= 11 is 0. The number of rotatable bonds is 9. The molecule has 1 N–H and O–H groups in total. The lowest BCUT2D eigenvalue weighted by Crippen LogP contribution is -2.68. The molecule has 0 amide bonds. The molecular formula is C48H56N4O9Si. The summed E-state index contributed by atoms with van der Waals surface area (Å²) in [6.45, 7) is 17.3. The highest BCUT2D eigenvalue weighted by molar-refractivity contribution is 6.74. The molecule has 3 aliphatic carbocycles. The summed E-state index contributed by atoms with van der Waals surface area (Å²) in [6.07, 6.45) is -0.376. The van der Waals surface area contributed by atoms with Gasteiger partial charge in [-0.3, -0.25) is 19.4 Å². The van der Waals surface area contributed by atoms with Crippen LogP contribution in [0, 0.1) is 29.1 Å². The highest BCUT2D eigenvalue weighted by Crippen LogP contribution is 2.59. The number of ketones is 2. The summed E-state index contributed by atoms with van der Waals surface area (Å²) in [4.78, 5) is 49.3. The molecule has 326 valence electrons. The molecule has 4 aromatic rings. The lowest BCUT2D eigenvalue weighted by molar-refractivity contribution is -0.140. The van der Waals surface area contributed by atoms with E-state index in [9.17, 15) is 15.2 Å². The number of hydrogen-bond acceptors (Lipinski definition) is 13. The zero-order valence-electron chi connectivity index (χ0n) is 37.3. The number of aliphatic hydroxyl groups excluding tert-OH is 1. The Morgan fingerprint density at radius 3 is 2.37 bits per heavy atom. The highest BCUT2D eigenvalue weighted by atomic mass is 28.4. The summed E-state index contributed by atoms with van der Waals surface area (Å²) in [5, 5.41) is 27.3. The summed E-state index contributed by atoms with van der Waals surface area (Å²) in [5.74, 6) is -2.57. The molecule has 4 aliphatic rings. The molecule has 2 heterocycles. The predicted octanol–water partition coefficient (Wildman–Crippen LogP) is 8.97. The van der Waals surface area contributed by atoms with Crippen LogP contribution in [-0.4, -0.2) is 84.5 Å². The second-order valence-electron chi connectivity index (χ2n) is 20.1. The van der Waals surface area contributed by atoms with Gasteiger partial charge in [0.05, 0.1) is 23.6 Å². The minimum absolute atomic E-state index is 0.0181. The standard InChI is InChI=1S/C48H56N4O9Si/c1-46(2,3)59-45(56)58-40-33-18-28(23-52-24-29(22-49)25-52)16-17-30(33)19-31-20-32-21-34-38(51(7)8)41-37(44(50-60-41)57-26-27-14-12-11-13-15-27)43(55)48(34,61-62(9,10)47(4,5)6)42(54)36(32)39(53)35(31)40/h11-19,29,32,34,38,53H,20-21,23-26H2,1-10H3/t32-,34-,38-,48-/m0/s1. The topological polar surface area (TPSA) is 165 Å². The van der Waals surface area contributed by atoms with Crippen molar-refractivity contribution >= 4 is 42.6 Å². The third kappa shape index (κ3) is 7.42. The second-order valence-corrected chi connectivity index (χ2v) is 24.8. The van der Waals surface area contributed by atoms with Gasteiger partial charge in [0.25, 0.3) is 5.88 Å². The van der Waals surface area contributed by atoms with Crippen molar-refractivity contribution in [3.63, 3.8) is 0 Å². The first kappa shape index (κ1) is 43.3. The molecule has 4 atom stereocenters. The van der Waals surface area contributed by atoms with Gasteiger partial charge in [-0.15, -0.1) is 0 Å². The smallest absolute Gasteiger partial charge is 0.507 e. The van der Waals surface area contributed by atoms with Crippen LogP contribution in [0.3, 0.4) is 0 Å². The zero-order valence-corrected chi connectivity index (χ0v) is 38.3. The molecule has 8 rings (SSSR count). The molecule has 0 radical (unpaired) electrons. The number of ether oxygens (including phenoxy) is 3. The van der Waals surface area contributed by atoms with Crippen LogP contribution >= 0.6 is 0 Å². The molecule has 14 heteroatoms. The van der Waals surface area contributed by atoms with Gasteiger partial charge in [-0.05, 0) is 105 Å². The third-order valence-electron chi connectivity index (χ3n) is 13.3. The first-order chi connectivity index (χ1) is 29.1. The maximum Gasteiger partial charge on any atom is 0.514 e. The minimum Gasteiger partial charge on any atom is -0.507 e. The first-order valence-corrected chi connectivity index (χ1v) is 24.2. The van der Waals surface area contributed by atoms with Crippen molar-refractivity contribution < 1.29 is 42.6 Å². The lowest BCUT2D eigenvalue weighted by atomic mass is 9.57. The number of Topliss-reactive ketones (excluding diaryl/α,β-unsaturated/α-hetero) is 2. The molecule has 2 fully saturated rings. The van der Waals surface area contributed by atoms with Gasteiger partial charge in [0.1, 0.15) is 23.5 Å². The fourth-order valence-corrected chi connectivity index (χ4v) is 10.8. The second kappa shape index (κ2) is 15.5. The van der Waals surface area contributed by atoms with E-state index < -0.39 is 60.2 Å². The molecule has 62 heavy (non-hydrogen) atoms. The third-order valence-corrected chi connectivity index (χ3v) is 17.7. The van der Waals surface area contributed by atoms with Crippen LogP contribution in [0.2, 0.25) is 18.1 Å². The van der Waals surface area contributed by atoms with Crippen LogP contribution in [0.25, 0.3) is 16.5 Å². The van der Waals surface area contributed by atoms with Crippen molar-refractivity contribution in [1.29, 1.82) is 5.26 Å². The molecule has 1 aromatic heterocycles. The lowest BCUT2D eigenvalue weighted by Gasteiger charge is -2.55. The average Bonchev–Trinajstić information content (AvgIpc) is 3.58. The Kier molecular flexibility index (Phi) is 10.8. The van der Waals surface area contributed by atoms with Crippen LogP contribution in [0.4, 0.5) is 4.79 Å². The Morgan fingerprint density at radius 1 is 1.02 bits per heavy atom. The molecule has 1 saturated heterocycles. The monoisotopic (exact) mass is 860 g/mol. The van der Waals surface area contributed by atoms with Crippen LogP contribution < -0.4 is 9.47 Å². The fraction of sp³-hybridized carbons (Fsp3) is 0.479. The molecule has 0 bridgehead atoms. The molecule has 0 unspecified atom stereocenters. The number of aromatic nitrogens is 1. The van der Waals surface area contributed by atoms with E-state index in [1.54, 1.807) is 20.8 Å². The number of carbonyl (C=O) groups is 3. The van der Waals surface area contributed by atoms with Gasteiger partial charge in [-0.1, -0.05) is 69.3 Å². The first-order valence-electron chi connectivity index (χ1n) is 21.3. The largest absolute Gasteiger partial charge is 0.514 e. The number of likely N-dealkylation sites (tertiary alicyclic amines) is 1. The van der Waals surface area contributed by atoms with Gasteiger partial charge < -0.3 is 28.3 Å². The van der Waals surface area contributed by atoms with Crippen LogP contribution in [0.1, 0.15) is 92.4 Å². The summed E-state index contributed by atoms with van der Waals surface area (Å²) < 4.78 is 31.3. The normalized spacial score (nSPS) is 23.0. The Labute approximate surface area is 363 Å². The Balaban J connectivity index is 1.31. The zero-order chi connectivity index (χ0) is 44.7. The van der Waals surface area contributed by atoms with E-state index in [1.807, 2.05) is 107 Å². The van der Waals surface area contributed by atoms with Gasteiger partial charge in [-0.2, -0.15) is 5.26 Å². The Hall–Kier alpha value is -5.33. The molecule has 1 saturated carbocycles. The van der Waals surface area contributed by atoms with Gasteiger partial charge in [-0.25, -0.2) is 4.79 Å². The maximum atomic E-state index is 16.0. The average molecular weight is 861 g/mol. The number of hydrogen-bond donors (Lipinski definition) is 1. The van der Waals surface area contributed by atoms with Gasteiger partial charge in [0.2, 0.25) is 11.6 Å². The van der Waals surface area contributed by atoms with Crippen LogP contribution in [-0.2, 0) is 33.5 Å². The van der Waals surface area contributed by atoms with E-state index >= 15 is 9.59 Å². The predicted molar refractivity (Wildman–Crippen MR) is 234 cm³/mol. The molecule has 1 aliphatic heterocycles. The number of aliphatic hydroxyl groups is 1. The number of benzene rings is 3. The van der Waals surface area contributed by atoms with E-state index in [4.69, 9.17) is 23.2 Å². The van der Waals surface area contributed by atoms with Crippen molar-refractivity contribution in [2.75, 3.05) is 27.2 Å². The van der Waals surface area contributed by atoms with Crippen molar-refractivity contribution in [3.8, 4) is 17.7 Å². The van der Waals surface area contributed by atoms with Crippen molar-refractivity contribution in [2.45, 2.75) is 103 Å². The van der Waals surface area contributed by atoms with Gasteiger partial charge in [0.15, 0.2) is 25.4 Å². The quantitative estimate of drug-likeness (QED) is 0.0735. The molecule has 3 aromatic carbocycles. The van der Waals surface area contributed by atoms with E-state index in [-0.39, 0.29) is 53.0 Å². The number of carbonyl (C=O) groups excluding carboxylic acids is 3. The molecular weight excluding hydrogens is 805 g/mol. The maximum absolute atomic E-state index is 16.0. The van der Waals surface area contributed by atoms with Crippen molar-refractivity contribution in [3.05, 3.63) is 93.7 Å². The van der Waals surface area contributed by atoms with Gasteiger partial charge in [0, 0.05) is 36.5 Å². The number of nitrogens with zero attached hydrogens (tertiary/aromatic N) is 4. The molecule has 0 spiro atoms. The van der Waals surface area contributed by atoms with Crippen LogP contribution in [0.15, 0.2) is 64.7 Å². The Morgan fingerprint density at radius 2 is 1.73 bits per heavy atom. The van der Waals surface area contributed by atoms with E-state index in [0.717, 1.165) is 16.5 Å². The summed E-state index contributed by atoms with van der Waals surface area (Å²) in [5.41, 5.74) is -0.227. The van der Waals surface area contributed by atoms with Crippen molar-refractivity contribution in [1.82, 2.24) is 15.0 Å². The number of fused-ring (bicyclic) bond motifs is 5. The number of nitriles is 1. The summed E-state index contributed by atoms with van der Waals surface area (Å²) in [7, 11) is 0.776. The van der Waals surface area contributed by atoms with Crippen molar-refractivity contribution in [2.24, 2.45) is 17.8 Å².